The molecule has 1 aromatic heterocycles. The molecule has 0 N–H and O–H groups in total. The maximum atomic E-state index is 12.7. The first-order valence-corrected chi connectivity index (χ1v) is 10.00. The zero-order valence-electron chi connectivity index (χ0n) is 14.5. The Bertz CT molecular complexity index is 948. The van der Waals surface area contributed by atoms with Crippen molar-refractivity contribution in [2.45, 2.75) is 19.3 Å². The number of halogens is 2. The number of nitrogens with zero attached hydrogens (tertiary/aromatic N) is 3. The summed E-state index contributed by atoms with van der Waals surface area (Å²) < 4.78 is 6.45. The summed E-state index contributed by atoms with van der Waals surface area (Å²) in [5.74, 6) is -0.497. The number of hydrogen-bond donors (Lipinski definition) is 0. The number of Topliss-reactive ketones (excluding diaryl/α,β-unsaturated/α-hetero) is 2. The lowest BCUT2D eigenvalue weighted by Crippen LogP contribution is -2.28. The maximum absolute atomic E-state index is 12.7. The summed E-state index contributed by atoms with van der Waals surface area (Å²) in [6.45, 7) is 3.44. The van der Waals surface area contributed by atoms with E-state index in [1.165, 1.54) is 12.8 Å². The lowest BCUT2D eigenvalue weighted by Gasteiger charge is -2.13. The van der Waals surface area contributed by atoms with Crippen molar-refractivity contribution in [3.8, 4) is 11.5 Å². The van der Waals surface area contributed by atoms with Gasteiger partial charge in [-0.3, -0.25) is 14.6 Å². The number of likely N-dealkylation sites (tertiary alicyclic amines) is 1. The van der Waals surface area contributed by atoms with Crippen LogP contribution in [-0.4, -0.2) is 53.3 Å². The lowest BCUT2D eigenvalue weighted by molar-refractivity contribution is 0.0949. The third-order valence-electron chi connectivity index (χ3n) is 4.77. The largest absolute Gasteiger partial charge is 0.432 e. The summed E-state index contributed by atoms with van der Waals surface area (Å²) in [6.07, 6.45) is 2.37. The van der Waals surface area contributed by atoms with Gasteiger partial charge in [0, 0.05) is 11.0 Å². The molecule has 140 valence electrons. The first-order valence-electron chi connectivity index (χ1n) is 8.83. The fourth-order valence-corrected chi connectivity index (χ4v) is 4.10. The van der Waals surface area contributed by atoms with Gasteiger partial charge in [-0.25, -0.2) is 4.98 Å². The number of aliphatic imine (C=N–C) groups is 1. The van der Waals surface area contributed by atoms with Crippen LogP contribution in [0.15, 0.2) is 32.1 Å². The van der Waals surface area contributed by atoms with Crippen LogP contribution in [0.1, 0.15) is 40.3 Å². The highest BCUT2D eigenvalue weighted by molar-refractivity contribution is 9.10. The molecular formula is C19H17BrClN3O3. The van der Waals surface area contributed by atoms with Crippen LogP contribution in [0.3, 0.4) is 0 Å². The molecule has 1 fully saturated rings. The molecular weight excluding hydrogens is 434 g/mol. The molecule has 1 aliphatic heterocycles. The van der Waals surface area contributed by atoms with Crippen LogP contribution in [0.2, 0.25) is 5.02 Å². The van der Waals surface area contributed by atoms with E-state index < -0.39 is 0 Å². The maximum Gasteiger partial charge on any atom is 0.244 e. The predicted octanol–water partition coefficient (Wildman–Crippen LogP) is 4.06. The number of carbonyl (C=O) groups excluding carboxylic acids is 2. The van der Waals surface area contributed by atoms with E-state index in [0.29, 0.717) is 17.1 Å². The highest BCUT2D eigenvalue weighted by atomic mass is 79.9. The van der Waals surface area contributed by atoms with Gasteiger partial charge in [-0.1, -0.05) is 27.5 Å². The van der Waals surface area contributed by atoms with Gasteiger partial charge >= 0.3 is 0 Å². The molecule has 0 unspecified atom stereocenters. The van der Waals surface area contributed by atoms with Gasteiger partial charge in [0.05, 0.1) is 29.3 Å². The molecule has 8 heteroatoms. The highest BCUT2D eigenvalue weighted by Gasteiger charge is 2.35. The standard InChI is InChI=1S/C19H17BrClN3O3/c20-11-3-4-12(13(21)9-11)19-23-16-15(25)10-14(17(26)18(16)27-19)22-5-8-24-6-1-2-7-24/h3-4,9H,1-2,5-8,10H2. The van der Waals surface area contributed by atoms with Crippen LogP contribution >= 0.6 is 27.5 Å². The average Bonchev–Trinajstić information content (AvgIpc) is 3.29. The summed E-state index contributed by atoms with van der Waals surface area (Å²) in [4.78, 5) is 36.0. The van der Waals surface area contributed by atoms with E-state index in [1.54, 1.807) is 18.2 Å². The molecule has 0 saturated carbocycles. The third kappa shape index (κ3) is 3.77. The van der Waals surface area contributed by atoms with Gasteiger partial charge in [-0.05, 0) is 44.1 Å². The normalized spacial score (nSPS) is 19.1. The minimum atomic E-state index is -0.363. The molecule has 0 atom stereocenters. The monoisotopic (exact) mass is 449 g/mol. The molecule has 1 aromatic carbocycles. The zero-order valence-corrected chi connectivity index (χ0v) is 16.8. The van der Waals surface area contributed by atoms with Gasteiger partial charge in [-0.2, -0.15) is 0 Å². The number of aromatic nitrogens is 1. The van der Waals surface area contributed by atoms with Crippen LogP contribution in [0.5, 0.6) is 0 Å². The quantitative estimate of drug-likeness (QED) is 0.702. The predicted molar refractivity (Wildman–Crippen MR) is 106 cm³/mol. The fraction of sp³-hybridized carbons (Fsp3) is 0.368. The summed E-state index contributed by atoms with van der Waals surface area (Å²) in [5, 5.41) is 0.419. The molecule has 4 rings (SSSR count). The molecule has 2 aliphatic rings. The molecule has 6 nitrogen and oxygen atoms in total. The summed E-state index contributed by atoms with van der Waals surface area (Å²) in [7, 11) is 0. The van der Waals surface area contributed by atoms with E-state index in [4.69, 9.17) is 16.0 Å². The summed E-state index contributed by atoms with van der Waals surface area (Å²) >= 11 is 9.57. The van der Waals surface area contributed by atoms with Crippen LogP contribution in [0.4, 0.5) is 0 Å². The second kappa shape index (κ2) is 7.66. The number of oxazole rings is 1. The molecule has 1 aliphatic carbocycles. The van der Waals surface area contributed by atoms with E-state index in [9.17, 15) is 9.59 Å². The van der Waals surface area contributed by atoms with Crippen molar-refractivity contribution >= 4 is 44.8 Å². The Kier molecular flexibility index (Phi) is 5.25. The van der Waals surface area contributed by atoms with Crippen molar-refractivity contribution < 1.29 is 14.0 Å². The van der Waals surface area contributed by atoms with Crippen molar-refractivity contribution in [1.82, 2.24) is 9.88 Å². The third-order valence-corrected chi connectivity index (χ3v) is 5.57. The lowest BCUT2D eigenvalue weighted by atomic mass is 9.97. The smallest absolute Gasteiger partial charge is 0.244 e. The Morgan fingerprint density at radius 2 is 2.04 bits per heavy atom. The van der Waals surface area contributed by atoms with Crippen LogP contribution < -0.4 is 0 Å². The van der Waals surface area contributed by atoms with Crippen LogP contribution in [0.25, 0.3) is 11.5 Å². The summed E-state index contributed by atoms with van der Waals surface area (Å²) in [6, 6.07) is 5.22. The van der Waals surface area contributed by atoms with Gasteiger partial charge in [0.2, 0.25) is 17.4 Å². The Hall–Kier alpha value is -1.83. The van der Waals surface area contributed by atoms with Crippen LogP contribution in [-0.2, 0) is 0 Å². The highest BCUT2D eigenvalue weighted by Crippen LogP contribution is 2.33. The second-order valence-electron chi connectivity index (χ2n) is 6.63. The Balaban J connectivity index is 1.58. The molecule has 0 radical (unpaired) electrons. The summed E-state index contributed by atoms with van der Waals surface area (Å²) in [5.41, 5.74) is 0.839. The number of benzene rings is 1. The first kappa shape index (κ1) is 18.5. The number of rotatable bonds is 4. The van der Waals surface area contributed by atoms with Crippen molar-refractivity contribution in [2.24, 2.45) is 4.99 Å². The minimum Gasteiger partial charge on any atom is -0.432 e. The number of fused-ring (bicyclic) bond motifs is 1. The topological polar surface area (TPSA) is 75.8 Å². The van der Waals surface area contributed by atoms with Gasteiger partial charge in [-0.15, -0.1) is 0 Å². The van der Waals surface area contributed by atoms with Crippen molar-refractivity contribution in [2.75, 3.05) is 26.2 Å². The first-order chi connectivity index (χ1) is 13.0. The minimum absolute atomic E-state index is 0.0358. The number of ketones is 2. The van der Waals surface area contributed by atoms with Gasteiger partial charge in [0.15, 0.2) is 11.5 Å². The van der Waals surface area contributed by atoms with E-state index in [0.717, 1.165) is 24.1 Å². The molecule has 0 bridgehead atoms. The molecule has 0 spiro atoms. The Morgan fingerprint density at radius 1 is 1.26 bits per heavy atom. The Labute approximate surface area is 169 Å². The van der Waals surface area contributed by atoms with Gasteiger partial charge < -0.3 is 9.32 Å². The van der Waals surface area contributed by atoms with Crippen molar-refractivity contribution in [1.29, 1.82) is 0 Å². The van der Waals surface area contributed by atoms with Crippen molar-refractivity contribution in [3.63, 3.8) is 0 Å². The average molecular weight is 451 g/mol. The van der Waals surface area contributed by atoms with Crippen LogP contribution in [0, 0.1) is 0 Å². The van der Waals surface area contributed by atoms with E-state index in [-0.39, 0.29) is 41.0 Å². The van der Waals surface area contributed by atoms with Gasteiger partial charge in [0.25, 0.3) is 0 Å². The number of hydrogen-bond acceptors (Lipinski definition) is 6. The fourth-order valence-electron chi connectivity index (χ4n) is 3.35. The molecule has 2 aromatic rings. The second-order valence-corrected chi connectivity index (χ2v) is 7.95. The van der Waals surface area contributed by atoms with Crippen molar-refractivity contribution in [3.05, 3.63) is 39.1 Å². The molecule has 27 heavy (non-hydrogen) atoms. The molecule has 2 heterocycles. The van der Waals surface area contributed by atoms with E-state index in [1.807, 2.05) is 0 Å². The zero-order chi connectivity index (χ0) is 19.0. The Morgan fingerprint density at radius 3 is 2.78 bits per heavy atom. The number of carbonyl (C=O) groups is 2. The molecule has 0 amide bonds. The van der Waals surface area contributed by atoms with E-state index >= 15 is 0 Å². The molecule has 1 saturated heterocycles. The van der Waals surface area contributed by atoms with Gasteiger partial charge in [0.1, 0.15) is 0 Å². The van der Waals surface area contributed by atoms with E-state index in [2.05, 4.69) is 30.8 Å². The SMILES string of the molecule is O=C1CC(=NCCN2CCCC2)C(=O)c2oc(-c3ccc(Br)cc3Cl)nc21.